The minimum atomic E-state index is -2.12. The first-order valence-corrected chi connectivity index (χ1v) is 8.50. The maximum atomic E-state index is 14.1. The Morgan fingerprint density at radius 3 is 2.93 bits per heavy atom. The molecule has 27 heavy (non-hydrogen) atoms. The van der Waals surface area contributed by atoms with Crippen molar-refractivity contribution in [3.8, 4) is 16.9 Å². The zero-order valence-electron chi connectivity index (χ0n) is 17.7. The normalized spacial score (nSPS) is 19.7. The van der Waals surface area contributed by atoms with Crippen molar-refractivity contribution in [1.82, 2.24) is 4.90 Å². The number of carbonyl (C=O) groups excluding carboxylic acids is 1. The highest BCUT2D eigenvalue weighted by molar-refractivity contribution is 6.54. The highest BCUT2D eigenvalue weighted by atomic mass is 19.1. The SMILES string of the molecule is [3H]C([3H])([3H])CN1CCc2c(-c3cc(F)ccc3OC)cc3c(c2C1)NC(=O)/C3=N/O. The fourth-order valence-corrected chi connectivity index (χ4v) is 3.80. The molecule has 140 valence electrons. The maximum absolute atomic E-state index is 14.1. The van der Waals surface area contributed by atoms with Crippen molar-refractivity contribution in [2.45, 2.75) is 19.8 Å². The molecule has 2 aliphatic heterocycles. The molecule has 0 unspecified atom stereocenters. The molecule has 2 N–H and O–H groups in total. The molecule has 0 bridgehead atoms. The second-order valence-corrected chi connectivity index (χ2v) is 6.51. The molecule has 2 heterocycles. The number of nitrogens with one attached hydrogen (secondary N) is 1. The fourth-order valence-electron chi connectivity index (χ4n) is 3.80. The van der Waals surface area contributed by atoms with E-state index in [4.69, 9.17) is 8.85 Å². The summed E-state index contributed by atoms with van der Waals surface area (Å²) in [6, 6.07) is 5.87. The molecule has 2 aliphatic rings. The van der Waals surface area contributed by atoms with Gasteiger partial charge in [0.15, 0.2) is 5.71 Å². The Bertz CT molecular complexity index is 1070. The molecule has 0 saturated heterocycles. The number of anilines is 1. The topological polar surface area (TPSA) is 74.2 Å². The first-order chi connectivity index (χ1) is 14.2. The Morgan fingerprint density at radius 2 is 2.19 bits per heavy atom. The third-order valence-corrected chi connectivity index (χ3v) is 5.09. The predicted molar refractivity (Wildman–Crippen MR) is 100.0 cm³/mol. The van der Waals surface area contributed by atoms with Crippen LogP contribution in [-0.4, -0.2) is 41.9 Å². The summed E-state index contributed by atoms with van der Waals surface area (Å²) in [5.74, 6) is -0.528. The Balaban J connectivity index is 1.92. The van der Waals surface area contributed by atoms with E-state index in [-0.39, 0.29) is 12.3 Å². The molecule has 0 aromatic heterocycles. The molecule has 2 aromatic rings. The first kappa shape index (κ1) is 14.2. The Kier molecular flexibility index (Phi) is 3.50. The van der Waals surface area contributed by atoms with Crippen LogP contribution in [-0.2, 0) is 17.8 Å². The van der Waals surface area contributed by atoms with E-state index in [0.717, 1.165) is 11.1 Å². The molecule has 0 aliphatic carbocycles. The molecule has 0 spiro atoms. The lowest BCUT2D eigenvalue weighted by Crippen LogP contribution is -2.31. The van der Waals surface area contributed by atoms with Crippen LogP contribution in [0.4, 0.5) is 10.1 Å². The number of nitrogens with zero attached hydrogens (tertiary/aromatic N) is 2. The summed E-state index contributed by atoms with van der Waals surface area (Å²) in [5.41, 5.74) is 3.52. The van der Waals surface area contributed by atoms with Crippen LogP contribution in [0.3, 0.4) is 0 Å². The summed E-state index contributed by atoms with van der Waals surface area (Å²) < 4.78 is 42.2. The Hall–Kier alpha value is -2.93. The van der Waals surface area contributed by atoms with Crippen molar-refractivity contribution in [2.24, 2.45) is 5.16 Å². The van der Waals surface area contributed by atoms with E-state index in [9.17, 15) is 14.4 Å². The second-order valence-electron chi connectivity index (χ2n) is 6.51. The highest BCUT2D eigenvalue weighted by Crippen LogP contribution is 2.42. The van der Waals surface area contributed by atoms with E-state index in [0.29, 0.717) is 47.6 Å². The molecular weight excluding hydrogens is 349 g/mol. The number of amides is 1. The van der Waals surface area contributed by atoms with Crippen molar-refractivity contribution >= 4 is 17.3 Å². The van der Waals surface area contributed by atoms with E-state index in [1.807, 2.05) is 0 Å². The first-order valence-electron chi connectivity index (χ1n) is 10.0. The quantitative estimate of drug-likeness (QED) is 0.639. The van der Waals surface area contributed by atoms with Gasteiger partial charge in [0.25, 0.3) is 5.91 Å². The highest BCUT2D eigenvalue weighted by Gasteiger charge is 2.34. The summed E-state index contributed by atoms with van der Waals surface area (Å²) in [5, 5.41) is 15.2. The van der Waals surface area contributed by atoms with Crippen molar-refractivity contribution in [2.75, 3.05) is 25.5 Å². The summed E-state index contributed by atoms with van der Waals surface area (Å²) in [6.45, 7) is -1.42. The van der Waals surface area contributed by atoms with Crippen molar-refractivity contribution in [1.29, 1.82) is 0 Å². The third kappa shape index (κ3) is 2.75. The standard InChI is InChI=1S/C20H20FN3O3/c1-3-24-7-6-12-13(14-8-11(21)4-5-17(14)27-2)9-15-18(16(12)10-24)22-20(25)19(15)23-26/h4-5,8-9,26H,3,6-7,10H2,1-2H3,(H,22,23,25)/i1T3. The van der Waals surface area contributed by atoms with E-state index in [1.54, 1.807) is 11.0 Å². The molecule has 0 radical (unpaired) electrons. The van der Waals surface area contributed by atoms with Gasteiger partial charge < -0.3 is 15.3 Å². The lowest BCUT2D eigenvalue weighted by molar-refractivity contribution is -0.110. The van der Waals surface area contributed by atoms with Crippen LogP contribution in [0.5, 0.6) is 5.75 Å². The zero-order chi connectivity index (χ0) is 21.6. The molecule has 0 atom stereocenters. The van der Waals surface area contributed by atoms with Gasteiger partial charge >= 0.3 is 0 Å². The van der Waals surface area contributed by atoms with Crippen LogP contribution in [0.15, 0.2) is 29.4 Å². The monoisotopic (exact) mass is 375 g/mol. The molecule has 4 rings (SSSR count). The van der Waals surface area contributed by atoms with Crippen molar-refractivity contribution in [3.63, 3.8) is 0 Å². The number of hydrogen-bond acceptors (Lipinski definition) is 5. The molecule has 0 fully saturated rings. The van der Waals surface area contributed by atoms with Gasteiger partial charge in [0, 0.05) is 28.3 Å². The summed E-state index contributed by atoms with van der Waals surface area (Å²) in [4.78, 5) is 14.1. The second kappa shape index (κ2) is 6.66. The van der Waals surface area contributed by atoms with E-state index in [2.05, 4.69) is 10.5 Å². The van der Waals surface area contributed by atoms with Crippen LogP contribution < -0.4 is 10.1 Å². The summed E-state index contributed by atoms with van der Waals surface area (Å²) >= 11 is 0. The van der Waals surface area contributed by atoms with Crippen LogP contribution in [0.1, 0.15) is 27.7 Å². The van der Waals surface area contributed by atoms with Gasteiger partial charge in [0.2, 0.25) is 0 Å². The number of ether oxygens (including phenoxy) is 1. The summed E-state index contributed by atoms with van der Waals surface area (Å²) in [6.07, 6.45) is 0.509. The number of benzene rings is 2. The van der Waals surface area contributed by atoms with Crippen LogP contribution in [0.2, 0.25) is 0 Å². The smallest absolute Gasteiger partial charge is 0.278 e. The van der Waals surface area contributed by atoms with Gasteiger partial charge in [0.1, 0.15) is 11.6 Å². The zero-order valence-corrected chi connectivity index (χ0v) is 14.7. The van der Waals surface area contributed by atoms with Crippen molar-refractivity contribution < 1.29 is 23.2 Å². The fraction of sp³-hybridized carbons (Fsp3) is 0.300. The molecule has 7 heteroatoms. The predicted octanol–water partition coefficient (Wildman–Crippen LogP) is 3.01. The van der Waals surface area contributed by atoms with Gasteiger partial charge in [-0.05, 0) is 53.9 Å². The number of carbonyl (C=O) groups is 1. The van der Waals surface area contributed by atoms with Crippen LogP contribution in [0, 0.1) is 5.82 Å². The number of oxime groups is 1. The lowest BCUT2D eigenvalue weighted by Gasteiger charge is -2.31. The number of halogens is 1. The molecule has 1 amide bonds. The summed E-state index contributed by atoms with van der Waals surface area (Å²) in [7, 11) is 1.49. The number of methoxy groups -OCH3 is 1. The Morgan fingerprint density at radius 1 is 1.33 bits per heavy atom. The largest absolute Gasteiger partial charge is 0.496 e. The van der Waals surface area contributed by atoms with Gasteiger partial charge in [-0.1, -0.05) is 12.0 Å². The van der Waals surface area contributed by atoms with E-state index in [1.165, 1.54) is 25.3 Å². The minimum absolute atomic E-state index is 0.0936. The molecular formula is C20H20FN3O3. The maximum Gasteiger partial charge on any atom is 0.278 e. The van der Waals surface area contributed by atoms with Gasteiger partial charge in [-0.2, -0.15) is 0 Å². The van der Waals surface area contributed by atoms with Gasteiger partial charge in [-0.25, -0.2) is 4.39 Å². The van der Waals surface area contributed by atoms with Gasteiger partial charge in [-0.15, -0.1) is 0 Å². The third-order valence-electron chi connectivity index (χ3n) is 5.09. The average Bonchev–Trinajstić information content (AvgIpc) is 3.01. The number of rotatable bonds is 3. The van der Waals surface area contributed by atoms with E-state index < -0.39 is 18.6 Å². The number of hydrogen-bond donors (Lipinski definition) is 2. The average molecular weight is 375 g/mol. The molecule has 6 nitrogen and oxygen atoms in total. The number of likely N-dealkylation sites (N-methyl/N-ethyl adjacent to an activating group) is 1. The van der Waals surface area contributed by atoms with Gasteiger partial charge in [0.05, 0.1) is 12.8 Å². The molecule has 2 aromatic carbocycles. The van der Waals surface area contributed by atoms with Crippen LogP contribution >= 0.6 is 0 Å². The minimum Gasteiger partial charge on any atom is -0.496 e. The Labute approximate surface area is 160 Å². The van der Waals surface area contributed by atoms with Crippen molar-refractivity contribution in [3.05, 3.63) is 46.8 Å². The number of fused-ring (bicyclic) bond motifs is 3. The van der Waals surface area contributed by atoms with Gasteiger partial charge in [-0.3, -0.25) is 9.69 Å². The van der Waals surface area contributed by atoms with Crippen LogP contribution in [0.25, 0.3) is 11.1 Å². The van der Waals surface area contributed by atoms with E-state index >= 15 is 0 Å². The molecule has 0 saturated carbocycles. The lowest BCUT2D eigenvalue weighted by atomic mass is 9.86.